The van der Waals surface area contributed by atoms with E-state index < -0.39 is 12.3 Å². The maximum absolute atomic E-state index is 13.1. The van der Waals surface area contributed by atoms with Crippen LogP contribution in [-0.4, -0.2) is 42.9 Å². The van der Waals surface area contributed by atoms with Gasteiger partial charge in [0.05, 0.1) is 5.60 Å². The second kappa shape index (κ2) is 6.21. The molecular formula is C20H26FNO. The summed E-state index contributed by atoms with van der Waals surface area (Å²) in [6.45, 7) is 0.288. The number of fused-ring (bicyclic) bond motifs is 1. The Bertz CT molecular complexity index is 674. The van der Waals surface area contributed by atoms with Gasteiger partial charge in [0.15, 0.2) is 0 Å². The highest BCUT2D eigenvalue weighted by atomic mass is 19.1. The normalized spacial score (nSPS) is 28.4. The van der Waals surface area contributed by atoms with Crippen LogP contribution < -0.4 is 0 Å². The number of hydrogen-bond donors (Lipinski definition) is 1. The van der Waals surface area contributed by atoms with Crippen LogP contribution in [0.5, 0.6) is 0 Å². The standard InChI is InChI=1S/C20H26FNO/c1-22(2)15-19(9-11-20(23,14-21)12-10-19)18-8-7-16-5-3-4-6-17(16)13-18/h3-8,13,23H,9-12,14-15H2,1-2H3. The predicted octanol–water partition coefficient (Wildman–Crippen LogP) is 3.91. The Morgan fingerprint density at radius 2 is 1.65 bits per heavy atom. The van der Waals surface area contributed by atoms with Crippen molar-refractivity contribution in [3.63, 3.8) is 0 Å². The molecule has 23 heavy (non-hydrogen) atoms. The molecule has 0 radical (unpaired) electrons. The van der Waals surface area contributed by atoms with E-state index in [1.54, 1.807) is 0 Å². The summed E-state index contributed by atoms with van der Waals surface area (Å²) < 4.78 is 13.1. The highest BCUT2D eigenvalue weighted by molar-refractivity contribution is 5.83. The minimum atomic E-state index is -1.12. The third-order valence-corrected chi connectivity index (χ3v) is 5.37. The van der Waals surface area contributed by atoms with Crippen LogP contribution in [0.2, 0.25) is 0 Å². The summed E-state index contributed by atoms with van der Waals surface area (Å²) in [5, 5.41) is 12.8. The third kappa shape index (κ3) is 3.26. The summed E-state index contributed by atoms with van der Waals surface area (Å²) in [6, 6.07) is 15.1. The molecule has 0 atom stereocenters. The first-order chi connectivity index (χ1) is 11.0. The van der Waals surface area contributed by atoms with Crippen molar-refractivity contribution in [1.82, 2.24) is 4.90 Å². The topological polar surface area (TPSA) is 23.5 Å². The summed E-state index contributed by atoms with van der Waals surface area (Å²) in [5.41, 5.74) is 0.188. The van der Waals surface area contributed by atoms with Gasteiger partial charge in [0.2, 0.25) is 0 Å². The summed E-state index contributed by atoms with van der Waals surface area (Å²) >= 11 is 0. The SMILES string of the molecule is CN(C)CC1(c2ccc3ccccc3c2)CCC(O)(CF)CC1. The molecule has 3 rings (SSSR count). The Morgan fingerprint density at radius 3 is 2.26 bits per heavy atom. The van der Waals surface area contributed by atoms with Gasteiger partial charge in [-0.3, -0.25) is 0 Å². The van der Waals surface area contributed by atoms with Crippen LogP contribution in [0.25, 0.3) is 10.8 Å². The lowest BCUT2D eigenvalue weighted by Gasteiger charge is -2.45. The van der Waals surface area contributed by atoms with E-state index in [9.17, 15) is 9.50 Å². The van der Waals surface area contributed by atoms with E-state index in [2.05, 4.69) is 61.5 Å². The lowest BCUT2D eigenvalue weighted by atomic mass is 9.65. The molecule has 0 aliphatic heterocycles. The zero-order valence-electron chi connectivity index (χ0n) is 14.1. The van der Waals surface area contributed by atoms with Crippen molar-refractivity contribution in [3.05, 3.63) is 48.0 Å². The van der Waals surface area contributed by atoms with Crippen molar-refractivity contribution in [3.8, 4) is 0 Å². The van der Waals surface area contributed by atoms with Gasteiger partial charge in [0.1, 0.15) is 6.67 Å². The number of likely N-dealkylation sites (N-methyl/N-ethyl adjacent to an activating group) is 1. The van der Waals surface area contributed by atoms with Gasteiger partial charge in [0.25, 0.3) is 0 Å². The highest BCUT2D eigenvalue weighted by Gasteiger charge is 2.43. The number of rotatable bonds is 4. The van der Waals surface area contributed by atoms with Crippen LogP contribution in [0.15, 0.2) is 42.5 Å². The number of halogens is 1. The summed E-state index contributed by atoms with van der Waals surface area (Å²) in [6.07, 6.45) is 2.71. The van der Waals surface area contributed by atoms with Crippen LogP contribution >= 0.6 is 0 Å². The molecule has 1 aliphatic carbocycles. The van der Waals surface area contributed by atoms with Gasteiger partial charge in [-0.05, 0) is 56.1 Å². The van der Waals surface area contributed by atoms with Crippen molar-refractivity contribution >= 4 is 10.8 Å². The summed E-state index contributed by atoms with van der Waals surface area (Å²) in [5.74, 6) is 0. The minimum Gasteiger partial charge on any atom is -0.387 e. The molecule has 0 heterocycles. The molecule has 2 nitrogen and oxygen atoms in total. The average Bonchev–Trinajstić information content (AvgIpc) is 2.56. The molecule has 124 valence electrons. The Kier molecular flexibility index (Phi) is 4.43. The van der Waals surface area contributed by atoms with Gasteiger partial charge in [0, 0.05) is 12.0 Å². The third-order valence-electron chi connectivity index (χ3n) is 5.37. The molecule has 1 N–H and O–H groups in total. The molecule has 1 saturated carbocycles. The molecule has 3 heteroatoms. The Balaban J connectivity index is 1.98. The van der Waals surface area contributed by atoms with Gasteiger partial charge in [-0.15, -0.1) is 0 Å². The fourth-order valence-electron chi connectivity index (χ4n) is 3.99. The van der Waals surface area contributed by atoms with Gasteiger partial charge >= 0.3 is 0 Å². The molecule has 0 bridgehead atoms. The fourth-order valence-corrected chi connectivity index (χ4v) is 3.99. The van der Waals surface area contributed by atoms with Crippen LogP contribution in [0.4, 0.5) is 4.39 Å². The zero-order valence-corrected chi connectivity index (χ0v) is 14.1. The predicted molar refractivity (Wildman–Crippen MR) is 93.6 cm³/mol. The molecule has 0 unspecified atom stereocenters. The molecule has 0 saturated heterocycles. The number of benzene rings is 2. The first-order valence-corrected chi connectivity index (χ1v) is 8.39. The first-order valence-electron chi connectivity index (χ1n) is 8.39. The van der Waals surface area contributed by atoms with E-state index in [4.69, 9.17) is 0 Å². The lowest BCUT2D eigenvalue weighted by molar-refractivity contribution is -0.0376. The van der Waals surface area contributed by atoms with Crippen molar-refractivity contribution in [2.45, 2.75) is 36.7 Å². The average molecular weight is 315 g/mol. The van der Waals surface area contributed by atoms with Crippen molar-refractivity contribution in [2.75, 3.05) is 27.3 Å². The van der Waals surface area contributed by atoms with Crippen LogP contribution in [0.1, 0.15) is 31.2 Å². The maximum atomic E-state index is 13.1. The second-order valence-electron chi connectivity index (χ2n) is 7.44. The maximum Gasteiger partial charge on any atom is 0.118 e. The lowest BCUT2D eigenvalue weighted by Crippen LogP contribution is -2.47. The molecule has 1 fully saturated rings. The molecule has 2 aromatic carbocycles. The summed E-state index contributed by atoms with van der Waals surface area (Å²) in [4.78, 5) is 2.20. The summed E-state index contributed by atoms with van der Waals surface area (Å²) in [7, 11) is 4.16. The number of nitrogens with zero attached hydrogens (tertiary/aromatic N) is 1. The fraction of sp³-hybridized carbons (Fsp3) is 0.500. The van der Waals surface area contributed by atoms with E-state index >= 15 is 0 Å². The van der Waals surface area contributed by atoms with Crippen LogP contribution in [0.3, 0.4) is 0 Å². The van der Waals surface area contributed by atoms with E-state index in [1.165, 1.54) is 16.3 Å². The Labute approximate surface area is 137 Å². The molecule has 0 amide bonds. The quantitative estimate of drug-likeness (QED) is 0.924. The van der Waals surface area contributed by atoms with Gasteiger partial charge in [-0.2, -0.15) is 0 Å². The largest absolute Gasteiger partial charge is 0.387 e. The monoisotopic (exact) mass is 315 g/mol. The minimum absolute atomic E-state index is 0.00503. The van der Waals surface area contributed by atoms with Crippen molar-refractivity contribution < 1.29 is 9.50 Å². The Morgan fingerprint density at radius 1 is 1.00 bits per heavy atom. The van der Waals surface area contributed by atoms with Gasteiger partial charge in [-0.1, -0.05) is 42.5 Å². The van der Waals surface area contributed by atoms with Gasteiger partial charge < -0.3 is 10.0 Å². The Hall–Kier alpha value is -1.45. The molecule has 1 aliphatic rings. The first kappa shape index (κ1) is 16.4. The molecule has 0 aromatic heterocycles. The molecular weight excluding hydrogens is 289 g/mol. The van der Waals surface area contributed by atoms with E-state index in [0.29, 0.717) is 12.8 Å². The number of hydrogen-bond acceptors (Lipinski definition) is 2. The van der Waals surface area contributed by atoms with Crippen LogP contribution in [0, 0.1) is 0 Å². The van der Waals surface area contributed by atoms with Crippen molar-refractivity contribution in [2.24, 2.45) is 0 Å². The zero-order chi connectivity index (χ0) is 16.5. The van der Waals surface area contributed by atoms with Gasteiger partial charge in [-0.25, -0.2) is 4.39 Å². The molecule has 0 spiro atoms. The van der Waals surface area contributed by atoms with Crippen molar-refractivity contribution in [1.29, 1.82) is 0 Å². The van der Waals surface area contributed by atoms with E-state index in [1.807, 2.05) is 0 Å². The second-order valence-corrected chi connectivity index (χ2v) is 7.44. The smallest absolute Gasteiger partial charge is 0.118 e. The van der Waals surface area contributed by atoms with E-state index in [0.717, 1.165) is 19.4 Å². The number of alkyl halides is 1. The highest BCUT2D eigenvalue weighted by Crippen LogP contribution is 2.44. The molecule has 2 aromatic rings. The number of aliphatic hydroxyl groups is 1. The van der Waals surface area contributed by atoms with Crippen LogP contribution in [-0.2, 0) is 5.41 Å². The van der Waals surface area contributed by atoms with E-state index in [-0.39, 0.29) is 5.41 Å².